The average molecular weight is 263 g/mol. The van der Waals surface area contributed by atoms with Crippen LogP contribution in [0.1, 0.15) is 33.1 Å². The molecule has 1 rings (SSSR count). The van der Waals surface area contributed by atoms with Crippen LogP contribution < -0.4 is 5.32 Å². The Bertz CT molecular complexity index is 338. The Labute approximate surface area is 105 Å². The van der Waals surface area contributed by atoms with Gasteiger partial charge in [-0.05, 0) is 31.7 Å². The molecule has 2 atom stereocenters. The highest BCUT2D eigenvalue weighted by Crippen LogP contribution is 2.40. The zero-order valence-electron chi connectivity index (χ0n) is 11.3. The SMILES string of the molecule is CNC1C(S(=O)(=O)CCCOC)CCC1(C)C. The van der Waals surface area contributed by atoms with Crippen LogP contribution in [0.2, 0.25) is 0 Å². The van der Waals surface area contributed by atoms with Crippen LogP contribution in [0.3, 0.4) is 0 Å². The molecular formula is C12H25NO3S. The molecule has 102 valence electrons. The number of hydrogen-bond donors (Lipinski definition) is 1. The van der Waals surface area contributed by atoms with Crippen LogP contribution in [0.15, 0.2) is 0 Å². The van der Waals surface area contributed by atoms with Crippen LogP contribution in [0.25, 0.3) is 0 Å². The highest BCUT2D eigenvalue weighted by molar-refractivity contribution is 7.92. The van der Waals surface area contributed by atoms with Gasteiger partial charge in [0.1, 0.15) is 0 Å². The molecular weight excluding hydrogens is 238 g/mol. The summed E-state index contributed by atoms with van der Waals surface area (Å²) in [6, 6.07) is 0.0649. The Balaban J connectivity index is 2.72. The van der Waals surface area contributed by atoms with Crippen molar-refractivity contribution in [1.29, 1.82) is 0 Å². The van der Waals surface area contributed by atoms with E-state index >= 15 is 0 Å². The third-order valence-electron chi connectivity index (χ3n) is 3.84. The van der Waals surface area contributed by atoms with Crippen molar-refractivity contribution < 1.29 is 13.2 Å². The molecule has 0 heterocycles. The third kappa shape index (κ3) is 3.42. The molecule has 1 aliphatic carbocycles. The van der Waals surface area contributed by atoms with Gasteiger partial charge >= 0.3 is 0 Å². The van der Waals surface area contributed by atoms with Gasteiger partial charge in [-0.25, -0.2) is 8.42 Å². The zero-order valence-corrected chi connectivity index (χ0v) is 12.1. The van der Waals surface area contributed by atoms with Gasteiger partial charge < -0.3 is 10.1 Å². The van der Waals surface area contributed by atoms with Crippen molar-refractivity contribution in [3.63, 3.8) is 0 Å². The van der Waals surface area contributed by atoms with E-state index < -0.39 is 9.84 Å². The van der Waals surface area contributed by atoms with Gasteiger partial charge in [0.05, 0.1) is 11.0 Å². The topological polar surface area (TPSA) is 55.4 Å². The minimum absolute atomic E-state index is 0.0632. The van der Waals surface area contributed by atoms with E-state index in [0.29, 0.717) is 13.0 Å². The monoisotopic (exact) mass is 263 g/mol. The molecule has 17 heavy (non-hydrogen) atoms. The molecule has 1 aliphatic rings. The van der Waals surface area contributed by atoms with Gasteiger partial charge in [-0.1, -0.05) is 13.8 Å². The predicted octanol–water partition coefficient (Wildman–Crippen LogP) is 1.21. The number of ether oxygens (including phenoxy) is 1. The second-order valence-electron chi connectivity index (χ2n) is 5.55. The summed E-state index contributed by atoms with van der Waals surface area (Å²) in [7, 11) is 0.448. The summed E-state index contributed by atoms with van der Waals surface area (Å²) in [5.41, 5.74) is 0.0632. The van der Waals surface area contributed by atoms with E-state index in [1.165, 1.54) is 0 Å². The molecule has 2 unspecified atom stereocenters. The Morgan fingerprint density at radius 2 is 2.06 bits per heavy atom. The van der Waals surface area contributed by atoms with Crippen LogP contribution in [-0.2, 0) is 14.6 Å². The maximum Gasteiger partial charge on any atom is 0.154 e. The van der Waals surface area contributed by atoms with Crippen LogP contribution >= 0.6 is 0 Å². The molecule has 0 radical (unpaired) electrons. The molecule has 0 aromatic rings. The molecule has 5 heteroatoms. The molecule has 0 amide bonds. The number of hydrogen-bond acceptors (Lipinski definition) is 4. The summed E-state index contributed by atoms with van der Waals surface area (Å²) in [6.07, 6.45) is 2.33. The molecule has 0 aliphatic heterocycles. The lowest BCUT2D eigenvalue weighted by atomic mass is 9.87. The van der Waals surface area contributed by atoms with E-state index in [1.54, 1.807) is 7.11 Å². The van der Waals surface area contributed by atoms with E-state index in [1.807, 2.05) is 7.05 Å². The first-order valence-corrected chi connectivity index (χ1v) is 7.94. The fourth-order valence-electron chi connectivity index (χ4n) is 2.86. The number of sulfone groups is 1. The van der Waals surface area contributed by atoms with Crippen LogP contribution in [-0.4, -0.2) is 46.2 Å². The molecule has 1 N–H and O–H groups in total. The smallest absolute Gasteiger partial charge is 0.154 e. The van der Waals surface area contributed by atoms with Crippen LogP contribution in [0.5, 0.6) is 0 Å². The van der Waals surface area contributed by atoms with Gasteiger partial charge in [0.2, 0.25) is 0 Å². The van der Waals surface area contributed by atoms with Gasteiger partial charge in [0, 0.05) is 19.8 Å². The van der Waals surface area contributed by atoms with E-state index in [2.05, 4.69) is 19.2 Å². The van der Waals surface area contributed by atoms with Gasteiger partial charge in [0.25, 0.3) is 0 Å². The molecule has 4 nitrogen and oxygen atoms in total. The van der Waals surface area contributed by atoms with Crippen molar-refractivity contribution in [1.82, 2.24) is 5.32 Å². The first kappa shape index (κ1) is 14.9. The van der Waals surface area contributed by atoms with Crippen molar-refractivity contribution in [2.24, 2.45) is 5.41 Å². The van der Waals surface area contributed by atoms with Crippen molar-refractivity contribution in [2.45, 2.75) is 44.4 Å². The second-order valence-corrected chi connectivity index (χ2v) is 7.88. The molecule has 0 bridgehead atoms. The first-order chi connectivity index (χ1) is 7.85. The quantitative estimate of drug-likeness (QED) is 0.732. The number of nitrogens with one attached hydrogen (secondary N) is 1. The number of rotatable bonds is 6. The van der Waals surface area contributed by atoms with Crippen molar-refractivity contribution in [3.05, 3.63) is 0 Å². The highest BCUT2D eigenvalue weighted by atomic mass is 32.2. The zero-order chi connectivity index (χ0) is 13.1. The summed E-state index contributed by atoms with van der Waals surface area (Å²) in [6.45, 7) is 4.79. The van der Waals surface area contributed by atoms with E-state index in [9.17, 15) is 8.42 Å². The Morgan fingerprint density at radius 3 is 2.59 bits per heavy atom. The lowest BCUT2D eigenvalue weighted by Crippen LogP contribution is -2.46. The van der Waals surface area contributed by atoms with Gasteiger partial charge in [0.15, 0.2) is 9.84 Å². The largest absolute Gasteiger partial charge is 0.385 e. The van der Waals surface area contributed by atoms with Gasteiger partial charge in [-0.3, -0.25) is 0 Å². The van der Waals surface area contributed by atoms with Crippen LogP contribution in [0.4, 0.5) is 0 Å². The molecule has 0 aromatic heterocycles. The van der Waals surface area contributed by atoms with Gasteiger partial charge in [-0.15, -0.1) is 0 Å². The fourth-order valence-corrected chi connectivity index (χ4v) is 5.08. The van der Waals surface area contributed by atoms with E-state index in [-0.39, 0.29) is 22.5 Å². The lowest BCUT2D eigenvalue weighted by Gasteiger charge is -2.30. The molecule has 1 saturated carbocycles. The summed E-state index contributed by atoms with van der Waals surface area (Å²) in [5, 5.41) is 2.95. The average Bonchev–Trinajstić information content (AvgIpc) is 2.54. The predicted molar refractivity (Wildman–Crippen MR) is 69.9 cm³/mol. The summed E-state index contributed by atoms with van der Waals surface area (Å²) >= 11 is 0. The minimum Gasteiger partial charge on any atom is -0.385 e. The van der Waals surface area contributed by atoms with Crippen LogP contribution in [0, 0.1) is 5.41 Å². The molecule has 0 saturated heterocycles. The van der Waals surface area contributed by atoms with Crippen molar-refractivity contribution in [2.75, 3.05) is 26.5 Å². The fraction of sp³-hybridized carbons (Fsp3) is 1.00. The van der Waals surface area contributed by atoms with Gasteiger partial charge in [-0.2, -0.15) is 0 Å². The summed E-state index contributed by atoms with van der Waals surface area (Å²) < 4.78 is 29.5. The number of methoxy groups -OCH3 is 1. The maximum atomic E-state index is 12.3. The summed E-state index contributed by atoms with van der Waals surface area (Å²) in [5.74, 6) is 0.236. The molecule has 0 aromatic carbocycles. The summed E-state index contributed by atoms with van der Waals surface area (Å²) in [4.78, 5) is 0. The normalized spacial score (nSPS) is 28.5. The van der Waals surface area contributed by atoms with Crippen molar-refractivity contribution >= 4 is 9.84 Å². The first-order valence-electron chi connectivity index (χ1n) is 6.23. The van der Waals surface area contributed by atoms with Crippen molar-refractivity contribution in [3.8, 4) is 0 Å². The third-order valence-corrected chi connectivity index (χ3v) is 6.12. The standard InChI is InChI=1S/C12H25NO3S/c1-12(2)7-6-10(11(12)13-3)17(14,15)9-5-8-16-4/h10-11,13H,5-9H2,1-4H3. The lowest BCUT2D eigenvalue weighted by molar-refractivity contribution is 0.199. The Morgan fingerprint density at radius 1 is 1.41 bits per heavy atom. The molecule has 0 spiro atoms. The molecule has 1 fully saturated rings. The Hall–Kier alpha value is -0.130. The minimum atomic E-state index is -3.01. The van der Waals surface area contributed by atoms with E-state index in [4.69, 9.17) is 4.74 Å². The maximum absolute atomic E-state index is 12.3. The van der Waals surface area contributed by atoms with E-state index in [0.717, 1.165) is 12.8 Å². The second kappa shape index (κ2) is 5.67. The highest BCUT2D eigenvalue weighted by Gasteiger charge is 2.46. The Kier molecular flexibility index (Phi) is 4.98.